The zero-order valence-corrected chi connectivity index (χ0v) is 25.6. The molecule has 5 rings (SSSR count). The first-order valence-electron chi connectivity index (χ1n) is 13.6. The van der Waals surface area contributed by atoms with Crippen molar-refractivity contribution in [2.45, 2.75) is 70.9 Å². The van der Waals surface area contributed by atoms with Gasteiger partial charge in [-0.2, -0.15) is 9.40 Å². The number of amides is 1. The van der Waals surface area contributed by atoms with Crippen LogP contribution in [0.15, 0.2) is 47.4 Å². The quantitative estimate of drug-likeness (QED) is 0.235. The molecule has 1 unspecified atom stereocenters. The van der Waals surface area contributed by atoms with Gasteiger partial charge in [0.15, 0.2) is 5.13 Å². The number of carbonyl (C=O) groups is 1. The zero-order valence-electron chi connectivity index (χ0n) is 23.2. The summed E-state index contributed by atoms with van der Waals surface area (Å²) in [6.45, 7) is 9.23. The lowest BCUT2D eigenvalue weighted by atomic mass is 10.0. The Morgan fingerprint density at radius 1 is 1.12 bits per heavy atom. The molecule has 1 amide bonds. The number of fused-ring (bicyclic) bond motifs is 1. The summed E-state index contributed by atoms with van der Waals surface area (Å²) in [5, 5.41) is 5.73. The van der Waals surface area contributed by atoms with Crippen LogP contribution in [0.2, 0.25) is 5.02 Å². The van der Waals surface area contributed by atoms with E-state index in [9.17, 15) is 13.2 Å². The lowest BCUT2D eigenvalue weighted by molar-refractivity contribution is 0.0985. The van der Waals surface area contributed by atoms with Gasteiger partial charge in [0.2, 0.25) is 10.0 Å². The SMILES string of the molecule is CCC1CCCCN1S(=O)(=O)c1ccc(C(=O)N(CCn2nc(C)cc2C)c2nc3c(C)c(Cl)ccc3s2)cc1. The maximum absolute atomic E-state index is 13.9. The van der Waals surface area contributed by atoms with Crippen LogP contribution in [0, 0.1) is 20.8 Å². The molecule has 0 aliphatic carbocycles. The number of carbonyl (C=O) groups excluding carboxylic acids is 1. The van der Waals surface area contributed by atoms with Gasteiger partial charge in [-0.1, -0.05) is 36.3 Å². The minimum Gasteiger partial charge on any atom is -0.282 e. The Morgan fingerprint density at radius 2 is 1.88 bits per heavy atom. The second-order valence-corrected chi connectivity index (χ2v) is 13.6. The minimum atomic E-state index is -3.64. The molecule has 11 heteroatoms. The van der Waals surface area contributed by atoms with Crippen LogP contribution < -0.4 is 4.90 Å². The topological polar surface area (TPSA) is 88.4 Å². The first-order chi connectivity index (χ1) is 19.1. The van der Waals surface area contributed by atoms with Crippen molar-refractivity contribution in [1.29, 1.82) is 0 Å². The van der Waals surface area contributed by atoms with Crippen LogP contribution in [0.25, 0.3) is 10.2 Å². The van der Waals surface area contributed by atoms with Gasteiger partial charge < -0.3 is 0 Å². The average Bonchev–Trinajstić information content (AvgIpc) is 3.53. The monoisotopic (exact) mass is 599 g/mol. The molecule has 1 aliphatic rings. The molecular weight excluding hydrogens is 566 g/mol. The van der Waals surface area contributed by atoms with Crippen molar-refractivity contribution in [3.63, 3.8) is 0 Å². The number of thiazole rings is 1. The molecule has 1 atom stereocenters. The van der Waals surface area contributed by atoms with Crippen LogP contribution >= 0.6 is 22.9 Å². The van der Waals surface area contributed by atoms with Gasteiger partial charge in [-0.3, -0.25) is 14.4 Å². The minimum absolute atomic E-state index is 0.0148. The fourth-order valence-electron chi connectivity index (χ4n) is 5.34. The van der Waals surface area contributed by atoms with Crippen molar-refractivity contribution in [2.75, 3.05) is 18.0 Å². The van der Waals surface area contributed by atoms with E-state index < -0.39 is 10.0 Å². The molecule has 0 bridgehead atoms. The Kier molecular flexibility index (Phi) is 8.33. The summed E-state index contributed by atoms with van der Waals surface area (Å²) in [5.41, 5.74) is 3.95. The summed E-state index contributed by atoms with van der Waals surface area (Å²) in [4.78, 5) is 20.6. The van der Waals surface area contributed by atoms with Crippen molar-refractivity contribution >= 4 is 54.2 Å². The molecule has 1 fully saturated rings. The van der Waals surface area contributed by atoms with E-state index in [1.165, 1.54) is 11.3 Å². The van der Waals surface area contributed by atoms with Crippen LogP contribution in [-0.2, 0) is 16.6 Å². The molecule has 1 saturated heterocycles. The van der Waals surface area contributed by atoms with Gasteiger partial charge in [-0.15, -0.1) is 0 Å². The number of benzene rings is 2. The van der Waals surface area contributed by atoms with E-state index in [-0.39, 0.29) is 16.8 Å². The highest BCUT2D eigenvalue weighted by atomic mass is 35.5. The molecule has 3 heterocycles. The molecule has 0 N–H and O–H groups in total. The third-order valence-corrected chi connectivity index (χ3v) is 11.0. The summed E-state index contributed by atoms with van der Waals surface area (Å²) >= 11 is 7.77. The normalized spacial score (nSPS) is 16.5. The lowest BCUT2D eigenvalue weighted by Crippen LogP contribution is -2.43. The summed E-state index contributed by atoms with van der Waals surface area (Å²) in [6, 6.07) is 12.1. The first-order valence-corrected chi connectivity index (χ1v) is 16.2. The molecule has 0 saturated carbocycles. The van der Waals surface area contributed by atoms with Gasteiger partial charge >= 0.3 is 0 Å². The lowest BCUT2D eigenvalue weighted by Gasteiger charge is -2.34. The van der Waals surface area contributed by atoms with Crippen LogP contribution in [0.3, 0.4) is 0 Å². The van der Waals surface area contributed by atoms with Crippen LogP contribution in [0.5, 0.6) is 0 Å². The van der Waals surface area contributed by atoms with E-state index in [2.05, 4.69) is 5.10 Å². The highest BCUT2D eigenvalue weighted by Crippen LogP contribution is 2.34. The van der Waals surface area contributed by atoms with Crippen molar-refractivity contribution < 1.29 is 13.2 Å². The van der Waals surface area contributed by atoms with Gasteiger partial charge in [-0.05, 0) is 88.1 Å². The van der Waals surface area contributed by atoms with E-state index in [0.717, 1.165) is 52.9 Å². The number of hydrogen-bond donors (Lipinski definition) is 0. The van der Waals surface area contributed by atoms with Crippen LogP contribution in [0.1, 0.15) is 59.9 Å². The zero-order chi connectivity index (χ0) is 28.6. The van der Waals surface area contributed by atoms with Crippen molar-refractivity contribution in [1.82, 2.24) is 19.1 Å². The number of aromatic nitrogens is 3. The van der Waals surface area contributed by atoms with Gasteiger partial charge in [0.25, 0.3) is 5.91 Å². The fourth-order valence-corrected chi connectivity index (χ4v) is 8.31. The molecule has 0 spiro atoms. The summed E-state index contributed by atoms with van der Waals surface area (Å²) in [6.07, 6.45) is 3.57. The maximum atomic E-state index is 13.9. The predicted octanol–water partition coefficient (Wildman–Crippen LogP) is 6.37. The van der Waals surface area contributed by atoms with Gasteiger partial charge in [-0.25, -0.2) is 13.4 Å². The number of sulfonamides is 1. The van der Waals surface area contributed by atoms with E-state index in [4.69, 9.17) is 16.6 Å². The Balaban J connectivity index is 1.46. The first kappa shape index (κ1) is 28.7. The van der Waals surface area contributed by atoms with E-state index in [1.807, 2.05) is 50.6 Å². The number of piperidine rings is 1. The number of nitrogens with zero attached hydrogens (tertiary/aromatic N) is 5. The molecule has 0 radical (unpaired) electrons. The van der Waals surface area contributed by atoms with Gasteiger partial charge in [0, 0.05) is 35.4 Å². The second kappa shape index (κ2) is 11.6. The van der Waals surface area contributed by atoms with E-state index in [0.29, 0.717) is 35.4 Å². The number of hydrogen-bond acceptors (Lipinski definition) is 6. The number of halogens is 1. The summed E-state index contributed by atoms with van der Waals surface area (Å²) < 4.78 is 31.3. The highest BCUT2D eigenvalue weighted by Gasteiger charge is 2.32. The van der Waals surface area contributed by atoms with Gasteiger partial charge in [0.1, 0.15) is 0 Å². The van der Waals surface area contributed by atoms with Crippen LogP contribution in [-0.4, -0.2) is 52.5 Å². The van der Waals surface area contributed by atoms with Gasteiger partial charge in [0.05, 0.1) is 27.4 Å². The molecule has 8 nitrogen and oxygen atoms in total. The highest BCUT2D eigenvalue weighted by molar-refractivity contribution is 7.89. The van der Waals surface area contributed by atoms with E-state index >= 15 is 0 Å². The third-order valence-electron chi connectivity index (χ3n) is 7.60. The summed E-state index contributed by atoms with van der Waals surface area (Å²) in [7, 11) is -3.64. The summed E-state index contributed by atoms with van der Waals surface area (Å²) in [5.74, 6) is -0.252. The van der Waals surface area contributed by atoms with Crippen molar-refractivity contribution in [3.05, 3.63) is 70.0 Å². The molecule has 1 aliphatic heterocycles. The third kappa shape index (κ3) is 5.54. The Bertz CT molecular complexity index is 1650. The van der Waals surface area contributed by atoms with Crippen molar-refractivity contribution in [2.24, 2.45) is 0 Å². The Morgan fingerprint density at radius 3 is 2.55 bits per heavy atom. The van der Waals surface area contributed by atoms with Crippen LogP contribution in [0.4, 0.5) is 5.13 Å². The number of aryl methyl sites for hydroxylation is 3. The largest absolute Gasteiger partial charge is 0.282 e. The Labute approximate surface area is 244 Å². The molecular formula is C29H34ClN5O3S2. The fraction of sp³-hybridized carbons (Fsp3) is 0.414. The molecule has 212 valence electrons. The number of anilines is 1. The molecule has 4 aromatic rings. The van der Waals surface area contributed by atoms with Crippen molar-refractivity contribution in [3.8, 4) is 0 Å². The van der Waals surface area contributed by atoms with E-state index in [1.54, 1.807) is 33.5 Å². The average molecular weight is 600 g/mol. The second-order valence-electron chi connectivity index (χ2n) is 10.3. The molecule has 40 heavy (non-hydrogen) atoms. The number of rotatable bonds is 8. The predicted molar refractivity (Wildman–Crippen MR) is 161 cm³/mol. The Hall–Kier alpha value is -2.79. The smallest absolute Gasteiger partial charge is 0.260 e. The molecule has 2 aromatic heterocycles. The molecule has 2 aromatic carbocycles. The standard InChI is InChI=1S/C29H34ClN5O3S2/c1-5-23-8-6-7-15-35(23)40(37,38)24-11-9-22(10-12-24)28(36)33(16-17-34-20(3)18-19(2)32-34)29-31-27-21(4)25(30)13-14-26(27)39-29/h9-14,18,23H,5-8,15-17H2,1-4H3. The maximum Gasteiger partial charge on any atom is 0.260 e.